The lowest BCUT2D eigenvalue weighted by atomic mass is 10.1. The van der Waals surface area contributed by atoms with E-state index in [9.17, 15) is 9.59 Å². The summed E-state index contributed by atoms with van der Waals surface area (Å²) >= 11 is 5.79. The number of nitrogens with one attached hydrogen (secondary N) is 2. The van der Waals surface area contributed by atoms with Gasteiger partial charge in [0.25, 0.3) is 0 Å². The zero-order chi connectivity index (χ0) is 17.5. The predicted molar refractivity (Wildman–Crippen MR) is 93.7 cm³/mol. The number of hydrogen-bond donors (Lipinski definition) is 3. The molecule has 24 heavy (non-hydrogen) atoms. The lowest BCUT2D eigenvalue weighted by molar-refractivity contribution is 0.100. The van der Waals surface area contributed by atoms with Gasteiger partial charge in [0, 0.05) is 16.3 Å². The molecule has 0 fully saturated rings. The molecule has 0 saturated heterocycles. The van der Waals surface area contributed by atoms with Crippen molar-refractivity contribution in [2.24, 2.45) is 5.73 Å². The van der Waals surface area contributed by atoms with Crippen LogP contribution in [0.1, 0.15) is 15.9 Å². The molecular formula is C17H18ClN3O3. The van der Waals surface area contributed by atoms with Gasteiger partial charge in [0.1, 0.15) is 12.4 Å². The first-order valence-corrected chi connectivity index (χ1v) is 7.67. The fourth-order valence-corrected chi connectivity index (χ4v) is 2.07. The van der Waals surface area contributed by atoms with Crippen molar-refractivity contribution in [1.82, 2.24) is 5.32 Å². The number of ether oxygens (including phenoxy) is 1. The van der Waals surface area contributed by atoms with Gasteiger partial charge in [-0.3, -0.25) is 4.79 Å². The summed E-state index contributed by atoms with van der Waals surface area (Å²) in [5.41, 5.74) is 6.93. The number of amides is 3. The van der Waals surface area contributed by atoms with Gasteiger partial charge >= 0.3 is 6.03 Å². The molecule has 2 aromatic rings. The van der Waals surface area contributed by atoms with Gasteiger partial charge in [-0.15, -0.1) is 0 Å². The predicted octanol–water partition coefficient (Wildman–Crippen LogP) is 2.95. The number of nitrogens with two attached hydrogens (primary N) is 1. The SMILES string of the molecule is Cc1ccc(C(N)=O)cc1NC(=O)NCCOc1ccc(Cl)cc1. The zero-order valence-electron chi connectivity index (χ0n) is 13.1. The van der Waals surface area contributed by atoms with Gasteiger partial charge in [-0.2, -0.15) is 0 Å². The number of urea groups is 1. The van der Waals surface area contributed by atoms with E-state index in [4.69, 9.17) is 22.1 Å². The van der Waals surface area contributed by atoms with Gasteiger partial charge in [0.15, 0.2) is 0 Å². The van der Waals surface area contributed by atoms with Crippen LogP contribution in [0.5, 0.6) is 5.75 Å². The molecular weight excluding hydrogens is 330 g/mol. The minimum Gasteiger partial charge on any atom is -0.492 e. The van der Waals surface area contributed by atoms with Gasteiger partial charge in [0.05, 0.1) is 6.54 Å². The van der Waals surface area contributed by atoms with Crippen molar-refractivity contribution in [2.75, 3.05) is 18.5 Å². The van der Waals surface area contributed by atoms with Crippen molar-refractivity contribution in [3.63, 3.8) is 0 Å². The van der Waals surface area contributed by atoms with E-state index in [0.717, 1.165) is 5.56 Å². The average molecular weight is 348 g/mol. The molecule has 0 aliphatic heterocycles. The van der Waals surface area contributed by atoms with Crippen LogP contribution in [0.3, 0.4) is 0 Å². The second-order valence-electron chi connectivity index (χ2n) is 5.08. The van der Waals surface area contributed by atoms with Crippen LogP contribution in [0.2, 0.25) is 5.02 Å². The quantitative estimate of drug-likeness (QED) is 0.701. The molecule has 0 heterocycles. The molecule has 126 valence electrons. The van der Waals surface area contributed by atoms with Gasteiger partial charge in [-0.1, -0.05) is 17.7 Å². The summed E-state index contributed by atoms with van der Waals surface area (Å²) in [6, 6.07) is 11.4. The van der Waals surface area contributed by atoms with Crippen LogP contribution in [0.25, 0.3) is 0 Å². The average Bonchev–Trinajstić information content (AvgIpc) is 2.55. The Kier molecular flexibility index (Phi) is 6.03. The molecule has 0 saturated carbocycles. The second-order valence-corrected chi connectivity index (χ2v) is 5.51. The number of rotatable bonds is 6. The van der Waals surface area contributed by atoms with E-state index in [1.54, 1.807) is 42.5 Å². The van der Waals surface area contributed by atoms with Crippen LogP contribution in [0.15, 0.2) is 42.5 Å². The fourth-order valence-electron chi connectivity index (χ4n) is 1.94. The van der Waals surface area contributed by atoms with Gasteiger partial charge in [-0.05, 0) is 48.9 Å². The molecule has 0 aliphatic rings. The zero-order valence-corrected chi connectivity index (χ0v) is 13.9. The minimum absolute atomic E-state index is 0.315. The highest BCUT2D eigenvalue weighted by molar-refractivity contribution is 6.30. The highest BCUT2D eigenvalue weighted by atomic mass is 35.5. The molecule has 7 heteroatoms. The number of primary amides is 1. The Balaban J connectivity index is 1.80. The number of aryl methyl sites for hydroxylation is 1. The van der Waals surface area contributed by atoms with E-state index in [1.165, 1.54) is 0 Å². The molecule has 3 amide bonds. The topological polar surface area (TPSA) is 93.5 Å². The van der Waals surface area contributed by atoms with E-state index >= 15 is 0 Å². The standard InChI is InChI=1S/C17H18ClN3O3/c1-11-2-3-12(16(19)22)10-15(11)21-17(23)20-8-9-24-14-6-4-13(18)5-7-14/h2-7,10H,8-9H2,1H3,(H2,19,22)(H2,20,21,23). The maximum absolute atomic E-state index is 11.9. The number of carbonyl (C=O) groups excluding carboxylic acids is 2. The Bertz CT molecular complexity index is 732. The molecule has 0 atom stereocenters. The summed E-state index contributed by atoms with van der Waals surface area (Å²) < 4.78 is 5.47. The number of benzene rings is 2. The Hall–Kier alpha value is -2.73. The Morgan fingerprint density at radius 3 is 2.54 bits per heavy atom. The van der Waals surface area contributed by atoms with E-state index in [-0.39, 0.29) is 6.03 Å². The van der Waals surface area contributed by atoms with Crippen molar-refractivity contribution < 1.29 is 14.3 Å². The molecule has 4 N–H and O–H groups in total. The van der Waals surface area contributed by atoms with Gasteiger partial charge < -0.3 is 21.1 Å². The Morgan fingerprint density at radius 1 is 1.17 bits per heavy atom. The van der Waals surface area contributed by atoms with Crippen LogP contribution < -0.4 is 21.1 Å². The van der Waals surface area contributed by atoms with E-state index in [1.807, 2.05) is 6.92 Å². The fraction of sp³-hybridized carbons (Fsp3) is 0.176. The van der Waals surface area contributed by atoms with E-state index in [0.29, 0.717) is 35.2 Å². The molecule has 0 bridgehead atoms. The van der Waals surface area contributed by atoms with Crippen LogP contribution in [0.4, 0.5) is 10.5 Å². The highest BCUT2D eigenvalue weighted by Gasteiger charge is 2.07. The summed E-state index contributed by atoms with van der Waals surface area (Å²) in [6.45, 7) is 2.46. The Labute approximate surface area is 144 Å². The highest BCUT2D eigenvalue weighted by Crippen LogP contribution is 2.17. The van der Waals surface area contributed by atoms with Crippen molar-refractivity contribution in [3.05, 3.63) is 58.6 Å². The number of halogens is 1. The van der Waals surface area contributed by atoms with Crippen molar-refractivity contribution in [1.29, 1.82) is 0 Å². The monoisotopic (exact) mass is 347 g/mol. The van der Waals surface area contributed by atoms with Crippen LogP contribution in [-0.2, 0) is 0 Å². The molecule has 0 unspecified atom stereocenters. The van der Waals surface area contributed by atoms with E-state index < -0.39 is 5.91 Å². The van der Waals surface area contributed by atoms with Crippen molar-refractivity contribution >= 4 is 29.2 Å². The van der Waals surface area contributed by atoms with Gasteiger partial charge in [0.2, 0.25) is 5.91 Å². The molecule has 6 nitrogen and oxygen atoms in total. The summed E-state index contributed by atoms with van der Waals surface area (Å²) in [5.74, 6) is 0.126. The minimum atomic E-state index is -0.546. The van der Waals surface area contributed by atoms with Crippen molar-refractivity contribution in [3.8, 4) is 5.75 Å². The third kappa shape index (κ3) is 5.17. The van der Waals surface area contributed by atoms with Crippen LogP contribution >= 0.6 is 11.6 Å². The molecule has 0 aromatic heterocycles. The number of anilines is 1. The molecule has 2 rings (SSSR count). The largest absolute Gasteiger partial charge is 0.492 e. The molecule has 0 radical (unpaired) electrons. The number of carbonyl (C=O) groups is 2. The lowest BCUT2D eigenvalue weighted by Gasteiger charge is -2.11. The summed E-state index contributed by atoms with van der Waals surface area (Å²) in [5, 5.41) is 5.98. The first-order chi connectivity index (χ1) is 11.5. The maximum atomic E-state index is 11.9. The first-order valence-electron chi connectivity index (χ1n) is 7.29. The summed E-state index contributed by atoms with van der Waals surface area (Å²) in [4.78, 5) is 23.1. The second kappa shape index (κ2) is 8.21. The maximum Gasteiger partial charge on any atom is 0.319 e. The summed E-state index contributed by atoms with van der Waals surface area (Å²) in [6.07, 6.45) is 0. The van der Waals surface area contributed by atoms with Crippen LogP contribution in [-0.4, -0.2) is 25.1 Å². The normalized spacial score (nSPS) is 10.1. The molecule has 2 aromatic carbocycles. The third-order valence-corrected chi connectivity index (χ3v) is 3.49. The van der Waals surface area contributed by atoms with Crippen LogP contribution in [0, 0.1) is 6.92 Å². The van der Waals surface area contributed by atoms with Gasteiger partial charge in [-0.25, -0.2) is 4.79 Å². The smallest absolute Gasteiger partial charge is 0.319 e. The van der Waals surface area contributed by atoms with E-state index in [2.05, 4.69) is 10.6 Å². The summed E-state index contributed by atoms with van der Waals surface area (Å²) in [7, 11) is 0. The lowest BCUT2D eigenvalue weighted by Crippen LogP contribution is -2.32. The molecule has 0 aliphatic carbocycles. The first kappa shape index (κ1) is 17.6. The van der Waals surface area contributed by atoms with Crippen molar-refractivity contribution in [2.45, 2.75) is 6.92 Å². The Morgan fingerprint density at radius 2 is 1.88 bits per heavy atom. The molecule has 0 spiro atoms. The number of hydrogen-bond acceptors (Lipinski definition) is 3. The third-order valence-electron chi connectivity index (χ3n) is 3.24.